The summed E-state index contributed by atoms with van der Waals surface area (Å²) in [5, 5.41) is 3.17. The third-order valence-electron chi connectivity index (χ3n) is 6.36. The van der Waals surface area contributed by atoms with Crippen LogP contribution in [0, 0.1) is 20.8 Å². The molecule has 1 amide bonds. The Morgan fingerprint density at radius 2 is 1.43 bits per heavy atom. The predicted octanol–water partition coefficient (Wildman–Crippen LogP) is 6.10. The van der Waals surface area contributed by atoms with E-state index in [0.717, 1.165) is 33.4 Å². The van der Waals surface area contributed by atoms with E-state index >= 15 is 0 Å². The smallest absolute Gasteiger partial charge is 0.252 e. The highest BCUT2D eigenvalue weighted by Crippen LogP contribution is 2.27. The molecule has 1 N–H and O–H groups in total. The monoisotopic (exact) mass is 512 g/mol. The van der Waals surface area contributed by atoms with E-state index in [1.807, 2.05) is 99.6 Å². The van der Waals surface area contributed by atoms with Gasteiger partial charge < -0.3 is 5.32 Å². The number of rotatable bonds is 8. The Hall–Kier alpha value is -3.90. The van der Waals surface area contributed by atoms with Gasteiger partial charge in [0.25, 0.3) is 5.91 Å². The molecule has 0 saturated heterocycles. The van der Waals surface area contributed by atoms with Crippen molar-refractivity contribution in [3.8, 4) is 0 Å². The molecular weight excluding hydrogens is 480 g/mol. The highest BCUT2D eigenvalue weighted by atomic mass is 32.2. The molecule has 5 nitrogen and oxygen atoms in total. The zero-order valence-corrected chi connectivity index (χ0v) is 22.4. The molecule has 1 atom stereocenters. The van der Waals surface area contributed by atoms with Crippen molar-refractivity contribution in [2.24, 2.45) is 0 Å². The van der Waals surface area contributed by atoms with Gasteiger partial charge in [-0.3, -0.25) is 9.10 Å². The fraction of sp³-hybridized carbons (Fsp3) is 0.194. The fourth-order valence-corrected chi connectivity index (χ4v) is 5.30. The number of benzene rings is 4. The lowest BCUT2D eigenvalue weighted by Crippen LogP contribution is -2.30. The van der Waals surface area contributed by atoms with Gasteiger partial charge in [-0.25, -0.2) is 8.42 Å². The van der Waals surface area contributed by atoms with Crippen LogP contribution in [0.2, 0.25) is 0 Å². The summed E-state index contributed by atoms with van der Waals surface area (Å²) in [5.41, 5.74) is 6.96. The van der Waals surface area contributed by atoms with Crippen LogP contribution < -0.4 is 9.62 Å². The van der Waals surface area contributed by atoms with Gasteiger partial charge in [-0.2, -0.15) is 0 Å². The van der Waals surface area contributed by atoms with Crippen LogP contribution in [-0.4, -0.2) is 20.6 Å². The zero-order valence-electron chi connectivity index (χ0n) is 21.6. The number of nitrogens with zero attached hydrogens (tertiary/aromatic N) is 1. The molecule has 0 aromatic heterocycles. The Kier molecular flexibility index (Phi) is 7.79. The minimum Gasteiger partial charge on any atom is -0.341 e. The fourth-order valence-electron chi connectivity index (χ4n) is 4.37. The van der Waals surface area contributed by atoms with Crippen LogP contribution in [0.4, 0.5) is 5.69 Å². The summed E-state index contributed by atoms with van der Waals surface area (Å²) in [7, 11) is -3.51. The number of hydrogen-bond acceptors (Lipinski definition) is 3. The van der Waals surface area contributed by atoms with Crippen molar-refractivity contribution in [3.05, 3.63) is 136 Å². The van der Waals surface area contributed by atoms with Gasteiger partial charge in [0.1, 0.15) is 0 Å². The van der Waals surface area contributed by atoms with Gasteiger partial charge in [0.05, 0.1) is 24.5 Å². The highest BCUT2D eigenvalue weighted by Gasteiger charge is 2.21. The SMILES string of the molecule is Cc1cccc(C(NC(=O)c2ccc(CN(c3cc(C)ccc3C)S(C)(=O)=O)cc2)c2ccccc2)c1. The molecule has 0 bridgehead atoms. The number of anilines is 1. The molecule has 37 heavy (non-hydrogen) atoms. The number of hydrogen-bond donors (Lipinski definition) is 1. The number of amides is 1. The average molecular weight is 513 g/mol. The molecule has 0 spiro atoms. The van der Waals surface area contributed by atoms with Crippen LogP contribution >= 0.6 is 0 Å². The molecule has 4 rings (SSSR count). The van der Waals surface area contributed by atoms with E-state index in [2.05, 4.69) is 11.4 Å². The lowest BCUT2D eigenvalue weighted by Gasteiger charge is -2.25. The molecule has 0 heterocycles. The minimum absolute atomic E-state index is 0.182. The van der Waals surface area contributed by atoms with Crippen molar-refractivity contribution in [1.82, 2.24) is 5.32 Å². The summed E-state index contributed by atoms with van der Waals surface area (Å²) in [4.78, 5) is 13.3. The highest BCUT2D eigenvalue weighted by molar-refractivity contribution is 7.92. The summed E-state index contributed by atoms with van der Waals surface area (Å²) in [6.45, 7) is 6.05. The third-order valence-corrected chi connectivity index (χ3v) is 7.49. The quantitative estimate of drug-likeness (QED) is 0.310. The molecular formula is C31H32N2O3S. The van der Waals surface area contributed by atoms with Crippen LogP contribution in [0.15, 0.2) is 97.1 Å². The van der Waals surface area contributed by atoms with Gasteiger partial charge in [0.2, 0.25) is 10.0 Å². The normalized spacial score (nSPS) is 12.1. The summed E-state index contributed by atoms with van der Waals surface area (Å²) in [5.74, 6) is -0.198. The van der Waals surface area contributed by atoms with Crippen molar-refractivity contribution in [1.29, 1.82) is 0 Å². The van der Waals surface area contributed by atoms with Crippen LogP contribution in [0.1, 0.15) is 49.8 Å². The van der Waals surface area contributed by atoms with Gasteiger partial charge in [-0.15, -0.1) is 0 Å². The second-order valence-corrected chi connectivity index (χ2v) is 11.4. The summed E-state index contributed by atoms with van der Waals surface area (Å²) >= 11 is 0. The molecule has 0 saturated carbocycles. The van der Waals surface area contributed by atoms with Crippen LogP contribution in [0.25, 0.3) is 0 Å². The van der Waals surface area contributed by atoms with Gasteiger partial charge in [0, 0.05) is 5.56 Å². The van der Waals surface area contributed by atoms with Gasteiger partial charge >= 0.3 is 0 Å². The molecule has 190 valence electrons. The first-order valence-corrected chi connectivity index (χ1v) is 14.0. The Balaban J connectivity index is 1.57. The van der Waals surface area contributed by atoms with Crippen molar-refractivity contribution in [2.45, 2.75) is 33.4 Å². The predicted molar refractivity (Wildman–Crippen MR) is 150 cm³/mol. The van der Waals surface area contributed by atoms with Crippen LogP contribution in [0.3, 0.4) is 0 Å². The second kappa shape index (κ2) is 11.0. The molecule has 0 aliphatic rings. The molecule has 4 aromatic rings. The molecule has 6 heteroatoms. The number of carbonyl (C=O) groups is 1. The summed E-state index contributed by atoms with van der Waals surface area (Å²) in [6.07, 6.45) is 1.21. The topological polar surface area (TPSA) is 66.5 Å². The molecule has 0 radical (unpaired) electrons. The average Bonchev–Trinajstić information content (AvgIpc) is 2.87. The van der Waals surface area contributed by atoms with E-state index in [1.54, 1.807) is 12.1 Å². The maximum atomic E-state index is 13.3. The number of sulfonamides is 1. The second-order valence-electron chi connectivity index (χ2n) is 9.49. The Morgan fingerprint density at radius 1 is 0.784 bits per heavy atom. The largest absolute Gasteiger partial charge is 0.341 e. The maximum Gasteiger partial charge on any atom is 0.252 e. The Bertz CT molecular complexity index is 1500. The van der Waals surface area contributed by atoms with Crippen LogP contribution in [-0.2, 0) is 16.6 Å². The molecule has 4 aromatic carbocycles. The zero-order chi connectivity index (χ0) is 26.6. The maximum absolute atomic E-state index is 13.3. The molecule has 0 fully saturated rings. The molecule has 1 unspecified atom stereocenters. The van der Waals surface area contributed by atoms with Gasteiger partial charge in [-0.05, 0) is 66.8 Å². The number of carbonyl (C=O) groups excluding carboxylic acids is 1. The number of aryl methyl sites for hydroxylation is 3. The lowest BCUT2D eigenvalue weighted by atomic mass is 9.97. The first-order valence-electron chi connectivity index (χ1n) is 12.2. The van der Waals surface area contributed by atoms with Gasteiger partial charge in [-0.1, -0.05) is 84.4 Å². The first kappa shape index (κ1) is 26.2. The van der Waals surface area contributed by atoms with E-state index in [1.165, 1.54) is 10.6 Å². The van der Waals surface area contributed by atoms with Crippen molar-refractivity contribution in [2.75, 3.05) is 10.6 Å². The van der Waals surface area contributed by atoms with Crippen molar-refractivity contribution in [3.63, 3.8) is 0 Å². The van der Waals surface area contributed by atoms with Crippen molar-refractivity contribution >= 4 is 21.6 Å². The standard InChI is InChI=1S/C31H32N2O3S/c1-22-9-8-12-28(19-22)30(26-10-6-5-7-11-26)32-31(34)27-17-15-25(16-18-27)21-33(37(4,35)36)29-20-23(2)13-14-24(29)3/h5-20,30H,21H2,1-4H3,(H,32,34). The Morgan fingerprint density at radius 3 is 2.08 bits per heavy atom. The molecule has 0 aliphatic carbocycles. The molecule has 0 aliphatic heterocycles. The number of nitrogens with one attached hydrogen (secondary N) is 1. The van der Waals surface area contributed by atoms with E-state index in [0.29, 0.717) is 11.3 Å². The lowest BCUT2D eigenvalue weighted by molar-refractivity contribution is 0.0943. The first-order chi connectivity index (χ1) is 17.6. The van der Waals surface area contributed by atoms with E-state index < -0.39 is 10.0 Å². The Labute approximate surface area is 219 Å². The minimum atomic E-state index is -3.51. The third kappa shape index (κ3) is 6.46. The van der Waals surface area contributed by atoms with E-state index in [4.69, 9.17) is 0 Å². The van der Waals surface area contributed by atoms with E-state index in [9.17, 15) is 13.2 Å². The summed E-state index contributed by atoms with van der Waals surface area (Å²) in [6, 6.07) is 30.6. The summed E-state index contributed by atoms with van der Waals surface area (Å²) < 4.78 is 26.7. The van der Waals surface area contributed by atoms with Crippen LogP contribution in [0.5, 0.6) is 0 Å². The van der Waals surface area contributed by atoms with Gasteiger partial charge in [0.15, 0.2) is 0 Å². The van der Waals surface area contributed by atoms with Crippen molar-refractivity contribution < 1.29 is 13.2 Å². The van der Waals surface area contributed by atoms with E-state index in [-0.39, 0.29) is 18.5 Å².